The molecule has 0 atom stereocenters. The number of amides is 1. The number of hydrogen-bond acceptors (Lipinski definition) is 4. The van der Waals surface area contributed by atoms with Gasteiger partial charge in [0.25, 0.3) is 0 Å². The summed E-state index contributed by atoms with van der Waals surface area (Å²) in [6.45, 7) is 0.348. The van der Waals surface area contributed by atoms with Crippen molar-refractivity contribution in [3.05, 3.63) is 75.4 Å². The van der Waals surface area contributed by atoms with Crippen molar-refractivity contribution >= 4 is 46.5 Å². The molecule has 3 rings (SSSR count). The lowest BCUT2D eigenvalue weighted by Crippen LogP contribution is -2.20. The lowest BCUT2D eigenvalue weighted by atomic mass is 10.2. The van der Waals surface area contributed by atoms with Gasteiger partial charge in [0.05, 0.1) is 17.9 Å². The first-order chi connectivity index (χ1) is 12.1. The Bertz CT molecular complexity index is 910. The summed E-state index contributed by atoms with van der Waals surface area (Å²) in [6.07, 6.45) is 4.81. The predicted octanol–water partition coefficient (Wildman–Crippen LogP) is 4.84. The zero-order chi connectivity index (χ0) is 17.6. The Morgan fingerprint density at radius 3 is 2.88 bits per heavy atom. The van der Waals surface area contributed by atoms with Crippen LogP contribution < -0.4 is 5.32 Å². The first-order valence-corrected chi connectivity index (χ1v) is 9.02. The first-order valence-electron chi connectivity index (χ1n) is 7.38. The average Bonchev–Trinajstić information content (AvgIpc) is 3.09. The quantitative estimate of drug-likeness (QED) is 0.635. The van der Waals surface area contributed by atoms with Crippen LogP contribution >= 0.6 is 34.5 Å². The van der Waals surface area contributed by atoms with Gasteiger partial charge in [-0.25, -0.2) is 4.98 Å². The maximum Gasteiger partial charge on any atom is 0.244 e. The van der Waals surface area contributed by atoms with Crippen LogP contribution in [0.4, 0.5) is 0 Å². The molecule has 0 fully saturated rings. The van der Waals surface area contributed by atoms with Gasteiger partial charge in [0.1, 0.15) is 5.01 Å². The summed E-state index contributed by atoms with van der Waals surface area (Å²) in [5.74, 6) is -0.224. The maximum atomic E-state index is 11.9. The van der Waals surface area contributed by atoms with Crippen molar-refractivity contribution < 1.29 is 4.79 Å². The highest BCUT2D eigenvalue weighted by Gasteiger charge is 2.06. The molecule has 0 saturated carbocycles. The molecule has 0 spiro atoms. The minimum Gasteiger partial charge on any atom is -0.347 e. The van der Waals surface area contributed by atoms with Gasteiger partial charge in [-0.05, 0) is 35.9 Å². The van der Waals surface area contributed by atoms with Crippen LogP contribution in [0.1, 0.15) is 11.3 Å². The van der Waals surface area contributed by atoms with E-state index >= 15 is 0 Å². The predicted molar refractivity (Wildman–Crippen MR) is 103 cm³/mol. The normalized spacial score (nSPS) is 11.0. The van der Waals surface area contributed by atoms with Crippen molar-refractivity contribution in [1.29, 1.82) is 0 Å². The zero-order valence-corrected chi connectivity index (χ0v) is 15.3. The highest BCUT2D eigenvalue weighted by Crippen LogP contribution is 2.22. The van der Waals surface area contributed by atoms with Crippen LogP contribution in [0.5, 0.6) is 0 Å². The topological polar surface area (TPSA) is 54.9 Å². The van der Waals surface area contributed by atoms with E-state index in [0.717, 1.165) is 22.0 Å². The molecule has 0 bridgehead atoms. The minimum absolute atomic E-state index is 0.224. The highest BCUT2D eigenvalue weighted by atomic mass is 35.5. The number of carbonyl (C=O) groups is 1. The van der Waals surface area contributed by atoms with Gasteiger partial charge in [-0.1, -0.05) is 35.3 Å². The molecule has 1 aromatic carbocycles. The van der Waals surface area contributed by atoms with Crippen LogP contribution in [0.2, 0.25) is 10.0 Å². The van der Waals surface area contributed by atoms with Gasteiger partial charge < -0.3 is 5.32 Å². The molecule has 0 unspecified atom stereocenters. The third kappa shape index (κ3) is 4.89. The number of rotatable bonds is 5. The van der Waals surface area contributed by atoms with Crippen LogP contribution in [-0.2, 0) is 11.3 Å². The second-order valence-corrected chi connectivity index (χ2v) is 6.78. The molecule has 3 aromatic rings. The van der Waals surface area contributed by atoms with Gasteiger partial charge in [0.15, 0.2) is 0 Å². The average molecular weight is 390 g/mol. The van der Waals surface area contributed by atoms with Crippen LogP contribution in [0.3, 0.4) is 0 Å². The van der Waals surface area contributed by atoms with E-state index in [1.54, 1.807) is 30.5 Å². The molecule has 7 heteroatoms. The fourth-order valence-electron chi connectivity index (χ4n) is 2.03. The summed E-state index contributed by atoms with van der Waals surface area (Å²) in [5, 5.41) is 6.58. The van der Waals surface area contributed by atoms with E-state index in [1.165, 1.54) is 17.4 Å². The van der Waals surface area contributed by atoms with Crippen molar-refractivity contribution in [2.75, 3.05) is 0 Å². The van der Waals surface area contributed by atoms with Gasteiger partial charge >= 0.3 is 0 Å². The number of carbonyl (C=O) groups excluding carboxylic acids is 1. The molecule has 2 aromatic heterocycles. The number of hydrogen-bond donors (Lipinski definition) is 1. The monoisotopic (exact) mass is 389 g/mol. The standard InChI is InChI=1S/C18H13Cl2N3OS/c19-13-6-4-12(15(20)9-13)5-7-17(24)22-10-14-11-25-18(23-14)16-3-1-2-8-21-16/h1-9,11H,10H2,(H,22,24)/b7-5+. The summed E-state index contributed by atoms with van der Waals surface area (Å²) in [4.78, 5) is 20.7. The SMILES string of the molecule is O=C(/C=C/c1ccc(Cl)cc1Cl)NCc1csc(-c2ccccn2)n1. The Morgan fingerprint density at radius 1 is 1.24 bits per heavy atom. The Morgan fingerprint density at radius 2 is 2.12 bits per heavy atom. The van der Waals surface area contributed by atoms with Crippen LogP contribution in [-0.4, -0.2) is 15.9 Å². The molecule has 126 valence electrons. The summed E-state index contributed by atoms with van der Waals surface area (Å²) in [5.41, 5.74) is 2.34. The van der Waals surface area contributed by atoms with E-state index < -0.39 is 0 Å². The second kappa shape index (κ2) is 8.25. The third-order valence-electron chi connectivity index (χ3n) is 3.26. The second-order valence-electron chi connectivity index (χ2n) is 5.08. The van der Waals surface area contributed by atoms with E-state index in [9.17, 15) is 4.79 Å². The molecule has 1 amide bonds. The largest absolute Gasteiger partial charge is 0.347 e. The number of aromatic nitrogens is 2. The molecule has 0 saturated heterocycles. The van der Waals surface area contributed by atoms with E-state index in [2.05, 4.69) is 15.3 Å². The fraction of sp³-hybridized carbons (Fsp3) is 0.0556. The molecule has 2 heterocycles. The van der Waals surface area contributed by atoms with Crippen LogP contribution in [0, 0.1) is 0 Å². The van der Waals surface area contributed by atoms with Crippen molar-refractivity contribution in [3.8, 4) is 10.7 Å². The molecular weight excluding hydrogens is 377 g/mol. The Labute approximate surface area is 159 Å². The summed E-state index contributed by atoms with van der Waals surface area (Å²) < 4.78 is 0. The highest BCUT2D eigenvalue weighted by molar-refractivity contribution is 7.13. The number of benzene rings is 1. The summed E-state index contributed by atoms with van der Waals surface area (Å²) in [7, 11) is 0. The summed E-state index contributed by atoms with van der Waals surface area (Å²) in [6, 6.07) is 10.8. The molecule has 0 aliphatic carbocycles. The molecular formula is C18H13Cl2N3OS. The van der Waals surface area contributed by atoms with Gasteiger partial charge in [-0.3, -0.25) is 9.78 Å². The number of halogens is 2. The number of nitrogens with one attached hydrogen (secondary N) is 1. The Hall–Kier alpha value is -2.21. The lowest BCUT2D eigenvalue weighted by molar-refractivity contribution is -0.116. The van der Waals surface area contributed by atoms with Crippen molar-refractivity contribution in [2.24, 2.45) is 0 Å². The van der Waals surface area contributed by atoms with Crippen molar-refractivity contribution in [3.63, 3.8) is 0 Å². The molecule has 1 N–H and O–H groups in total. The summed E-state index contributed by atoms with van der Waals surface area (Å²) >= 11 is 13.4. The maximum absolute atomic E-state index is 11.9. The van der Waals surface area contributed by atoms with Crippen LogP contribution in [0.15, 0.2) is 54.1 Å². The molecule has 0 aliphatic heterocycles. The van der Waals surface area contributed by atoms with Gasteiger partial charge in [-0.2, -0.15) is 0 Å². The molecule has 0 radical (unpaired) electrons. The van der Waals surface area contributed by atoms with E-state index in [1.807, 2.05) is 23.6 Å². The van der Waals surface area contributed by atoms with Crippen molar-refractivity contribution in [2.45, 2.75) is 6.54 Å². The van der Waals surface area contributed by atoms with Crippen molar-refractivity contribution in [1.82, 2.24) is 15.3 Å². The molecule has 4 nitrogen and oxygen atoms in total. The molecule has 25 heavy (non-hydrogen) atoms. The van der Waals surface area contributed by atoms with E-state index in [-0.39, 0.29) is 5.91 Å². The Balaban J connectivity index is 1.57. The van der Waals surface area contributed by atoms with E-state index in [4.69, 9.17) is 23.2 Å². The first kappa shape index (κ1) is 17.6. The lowest BCUT2D eigenvalue weighted by Gasteiger charge is -2.00. The number of nitrogens with zero attached hydrogens (tertiary/aromatic N) is 2. The fourth-order valence-corrected chi connectivity index (χ4v) is 3.30. The zero-order valence-electron chi connectivity index (χ0n) is 12.9. The Kier molecular flexibility index (Phi) is 5.81. The number of thiazole rings is 1. The molecule has 0 aliphatic rings. The number of pyridine rings is 1. The minimum atomic E-state index is -0.224. The van der Waals surface area contributed by atoms with Gasteiger partial charge in [0, 0.05) is 27.7 Å². The van der Waals surface area contributed by atoms with Gasteiger partial charge in [0.2, 0.25) is 5.91 Å². The third-order valence-corrected chi connectivity index (χ3v) is 4.73. The van der Waals surface area contributed by atoms with Gasteiger partial charge in [-0.15, -0.1) is 11.3 Å². The van der Waals surface area contributed by atoms with E-state index in [0.29, 0.717) is 16.6 Å². The van der Waals surface area contributed by atoms with Crippen LogP contribution in [0.25, 0.3) is 16.8 Å². The smallest absolute Gasteiger partial charge is 0.244 e.